The van der Waals surface area contributed by atoms with Crippen molar-refractivity contribution in [1.29, 1.82) is 0 Å². The van der Waals surface area contributed by atoms with Crippen LogP contribution in [0.4, 0.5) is 5.82 Å². The molecule has 1 aromatic rings. The van der Waals surface area contributed by atoms with Gasteiger partial charge in [-0.25, -0.2) is 9.97 Å². The summed E-state index contributed by atoms with van der Waals surface area (Å²) in [4.78, 5) is 8.90. The van der Waals surface area contributed by atoms with Crippen LogP contribution in [0.3, 0.4) is 0 Å². The normalized spacial score (nSPS) is 24.6. The Kier molecular flexibility index (Phi) is 3.97. The topological polar surface area (TPSA) is 37.8 Å². The van der Waals surface area contributed by atoms with E-state index in [1.165, 1.54) is 25.7 Å². The zero-order valence-electron chi connectivity index (χ0n) is 11.2. The molecule has 0 aliphatic heterocycles. The van der Waals surface area contributed by atoms with Gasteiger partial charge in [-0.05, 0) is 32.1 Å². The van der Waals surface area contributed by atoms with Crippen LogP contribution < -0.4 is 5.32 Å². The van der Waals surface area contributed by atoms with E-state index in [9.17, 15) is 0 Å². The van der Waals surface area contributed by atoms with Crippen LogP contribution in [0.15, 0.2) is 6.07 Å². The lowest BCUT2D eigenvalue weighted by atomic mass is 9.86. The SMILES string of the molecule is CCc1cc(NC2CCCCC2C)nc(C)n1. The average Bonchev–Trinajstić information content (AvgIpc) is 2.31. The van der Waals surface area contributed by atoms with Gasteiger partial charge in [0.15, 0.2) is 0 Å². The van der Waals surface area contributed by atoms with Gasteiger partial charge in [0.1, 0.15) is 11.6 Å². The molecular formula is C14H23N3. The number of nitrogens with zero attached hydrogens (tertiary/aromatic N) is 2. The molecular weight excluding hydrogens is 210 g/mol. The molecule has 94 valence electrons. The second-order valence-electron chi connectivity index (χ2n) is 5.16. The fourth-order valence-corrected chi connectivity index (χ4v) is 2.61. The van der Waals surface area contributed by atoms with Gasteiger partial charge in [0.2, 0.25) is 0 Å². The third-order valence-electron chi connectivity index (χ3n) is 3.70. The highest BCUT2D eigenvalue weighted by atomic mass is 15.1. The van der Waals surface area contributed by atoms with Crippen molar-refractivity contribution in [1.82, 2.24) is 9.97 Å². The number of hydrogen-bond donors (Lipinski definition) is 1. The van der Waals surface area contributed by atoms with Gasteiger partial charge in [-0.15, -0.1) is 0 Å². The maximum atomic E-state index is 4.49. The summed E-state index contributed by atoms with van der Waals surface area (Å²) in [5, 5.41) is 3.60. The van der Waals surface area contributed by atoms with Crippen LogP contribution >= 0.6 is 0 Å². The fraction of sp³-hybridized carbons (Fsp3) is 0.714. The lowest BCUT2D eigenvalue weighted by Gasteiger charge is -2.30. The van der Waals surface area contributed by atoms with Crippen molar-refractivity contribution in [2.45, 2.75) is 58.9 Å². The number of rotatable bonds is 3. The zero-order valence-corrected chi connectivity index (χ0v) is 11.2. The van der Waals surface area contributed by atoms with Gasteiger partial charge in [0.05, 0.1) is 0 Å². The predicted octanol–water partition coefficient (Wildman–Crippen LogP) is 3.34. The van der Waals surface area contributed by atoms with Crippen LogP contribution in [0.5, 0.6) is 0 Å². The van der Waals surface area contributed by atoms with Gasteiger partial charge in [-0.3, -0.25) is 0 Å². The molecule has 2 rings (SSSR count). The van der Waals surface area contributed by atoms with Crippen LogP contribution in [0.2, 0.25) is 0 Å². The van der Waals surface area contributed by atoms with E-state index in [0.29, 0.717) is 6.04 Å². The summed E-state index contributed by atoms with van der Waals surface area (Å²) in [6.45, 7) is 6.44. The lowest BCUT2D eigenvalue weighted by molar-refractivity contribution is 0.349. The largest absolute Gasteiger partial charge is 0.367 e. The Labute approximate surface area is 104 Å². The highest BCUT2D eigenvalue weighted by molar-refractivity contribution is 5.37. The Bertz CT molecular complexity index is 376. The molecule has 1 aliphatic rings. The molecule has 2 unspecified atom stereocenters. The highest BCUT2D eigenvalue weighted by Gasteiger charge is 2.21. The van der Waals surface area contributed by atoms with Crippen molar-refractivity contribution < 1.29 is 0 Å². The summed E-state index contributed by atoms with van der Waals surface area (Å²) in [6, 6.07) is 2.68. The van der Waals surface area contributed by atoms with E-state index in [4.69, 9.17) is 0 Å². The minimum atomic E-state index is 0.586. The van der Waals surface area contributed by atoms with Crippen molar-refractivity contribution in [2.75, 3.05) is 5.32 Å². The van der Waals surface area contributed by atoms with Crippen LogP contribution in [0, 0.1) is 12.8 Å². The first-order valence-electron chi connectivity index (χ1n) is 6.80. The molecule has 17 heavy (non-hydrogen) atoms. The van der Waals surface area contributed by atoms with E-state index in [1.54, 1.807) is 0 Å². The van der Waals surface area contributed by atoms with E-state index >= 15 is 0 Å². The quantitative estimate of drug-likeness (QED) is 0.870. The van der Waals surface area contributed by atoms with Gasteiger partial charge in [-0.2, -0.15) is 0 Å². The number of nitrogens with one attached hydrogen (secondary N) is 1. The van der Waals surface area contributed by atoms with E-state index in [1.807, 2.05) is 6.92 Å². The summed E-state index contributed by atoms with van der Waals surface area (Å²) in [6.07, 6.45) is 6.29. The van der Waals surface area contributed by atoms with Crippen molar-refractivity contribution in [3.8, 4) is 0 Å². The maximum absolute atomic E-state index is 4.49. The number of anilines is 1. The van der Waals surface area contributed by atoms with Crippen molar-refractivity contribution in [3.05, 3.63) is 17.6 Å². The van der Waals surface area contributed by atoms with Gasteiger partial charge in [0, 0.05) is 17.8 Å². The molecule has 0 amide bonds. The molecule has 0 bridgehead atoms. The number of aryl methyl sites for hydroxylation is 2. The number of aromatic nitrogens is 2. The third kappa shape index (κ3) is 3.18. The molecule has 0 saturated heterocycles. The van der Waals surface area contributed by atoms with E-state index < -0.39 is 0 Å². The van der Waals surface area contributed by atoms with Gasteiger partial charge in [-0.1, -0.05) is 26.7 Å². The van der Waals surface area contributed by atoms with Gasteiger partial charge < -0.3 is 5.32 Å². The molecule has 1 aliphatic carbocycles. The van der Waals surface area contributed by atoms with E-state index in [0.717, 1.165) is 29.7 Å². The molecule has 1 heterocycles. The van der Waals surface area contributed by atoms with Gasteiger partial charge >= 0.3 is 0 Å². The third-order valence-corrected chi connectivity index (χ3v) is 3.70. The first-order chi connectivity index (χ1) is 8.19. The molecule has 0 spiro atoms. The van der Waals surface area contributed by atoms with Crippen LogP contribution in [0.25, 0.3) is 0 Å². The molecule has 0 radical (unpaired) electrons. The second kappa shape index (κ2) is 5.48. The van der Waals surface area contributed by atoms with Gasteiger partial charge in [0.25, 0.3) is 0 Å². The standard InChI is InChI=1S/C14H23N3/c1-4-12-9-14(16-11(3)15-12)17-13-8-6-5-7-10(13)2/h9-10,13H,4-8H2,1-3H3,(H,15,16,17). The zero-order chi connectivity index (χ0) is 12.3. The fourth-order valence-electron chi connectivity index (χ4n) is 2.61. The molecule has 0 aromatic carbocycles. The molecule has 1 N–H and O–H groups in total. The smallest absolute Gasteiger partial charge is 0.130 e. The van der Waals surface area contributed by atoms with Crippen LogP contribution in [-0.2, 0) is 6.42 Å². The lowest BCUT2D eigenvalue weighted by Crippen LogP contribution is -2.30. The Hall–Kier alpha value is -1.12. The van der Waals surface area contributed by atoms with Crippen molar-refractivity contribution >= 4 is 5.82 Å². The summed E-state index contributed by atoms with van der Waals surface area (Å²) >= 11 is 0. The Morgan fingerprint density at radius 2 is 2.06 bits per heavy atom. The summed E-state index contributed by atoms with van der Waals surface area (Å²) < 4.78 is 0. The molecule has 1 aromatic heterocycles. The average molecular weight is 233 g/mol. The molecule has 2 atom stereocenters. The minimum Gasteiger partial charge on any atom is -0.367 e. The second-order valence-corrected chi connectivity index (χ2v) is 5.16. The molecule has 1 fully saturated rings. The maximum Gasteiger partial charge on any atom is 0.130 e. The van der Waals surface area contributed by atoms with Crippen molar-refractivity contribution in [3.63, 3.8) is 0 Å². The van der Waals surface area contributed by atoms with E-state index in [-0.39, 0.29) is 0 Å². The first-order valence-corrected chi connectivity index (χ1v) is 6.80. The Balaban J connectivity index is 2.09. The van der Waals surface area contributed by atoms with Crippen LogP contribution in [-0.4, -0.2) is 16.0 Å². The highest BCUT2D eigenvalue weighted by Crippen LogP contribution is 2.26. The Morgan fingerprint density at radius 3 is 2.76 bits per heavy atom. The van der Waals surface area contributed by atoms with Crippen LogP contribution in [0.1, 0.15) is 51.0 Å². The number of hydrogen-bond acceptors (Lipinski definition) is 3. The molecule has 3 heteroatoms. The summed E-state index contributed by atoms with van der Waals surface area (Å²) in [5.74, 6) is 2.63. The molecule has 1 saturated carbocycles. The monoisotopic (exact) mass is 233 g/mol. The molecule has 3 nitrogen and oxygen atoms in total. The summed E-state index contributed by atoms with van der Waals surface area (Å²) in [5.41, 5.74) is 1.13. The summed E-state index contributed by atoms with van der Waals surface area (Å²) in [7, 11) is 0. The minimum absolute atomic E-state index is 0.586. The van der Waals surface area contributed by atoms with Crippen molar-refractivity contribution in [2.24, 2.45) is 5.92 Å². The Morgan fingerprint density at radius 1 is 1.29 bits per heavy atom. The first kappa shape index (κ1) is 12.3. The predicted molar refractivity (Wildman–Crippen MR) is 71.2 cm³/mol. The van der Waals surface area contributed by atoms with E-state index in [2.05, 4.69) is 35.2 Å².